The van der Waals surface area contributed by atoms with Crippen molar-refractivity contribution in [1.82, 2.24) is 0 Å². The van der Waals surface area contributed by atoms with E-state index in [4.69, 9.17) is 0 Å². The molecule has 0 nitrogen and oxygen atoms in total. The van der Waals surface area contributed by atoms with Gasteiger partial charge in [-0.15, -0.1) is 0 Å². The third-order valence-corrected chi connectivity index (χ3v) is 1.51. The van der Waals surface area contributed by atoms with E-state index in [1.54, 1.807) is 0 Å². The Balaban J connectivity index is 2.89. The summed E-state index contributed by atoms with van der Waals surface area (Å²) >= 11 is 0. The molecule has 2 aromatic rings. The number of hydrogen-bond acceptors (Lipinski definition) is 0. The van der Waals surface area contributed by atoms with Crippen molar-refractivity contribution in [2.75, 3.05) is 0 Å². The lowest BCUT2D eigenvalue weighted by molar-refractivity contribution is 1.73. The van der Waals surface area contributed by atoms with Gasteiger partial charge in [0.1, 0.15) is 0 Å². The lowest BCUT2D eigenvalue weighted by atomic mass is 10.1. The molecule has 2 aromatic carbocycles. The maximum Gasteiger partial charge on any atom is -0.00990 e. The molecule has 0 saturated heterocycles. The molecule has 10 heavy (non-hydrogen) atoms. The Morgan fingerprint density at radius 2 is 2.10 bits per heavy atom. The lowest BCUT2D eigenvalue weighted by Crippen LogP contribution is -1.68. The largest absolute Gasteiger partial charge is 0.0610 e. The van der Waals surface area contributed by atoms with Crippen LogP contribution in [0.3, 0.4) is 0 Å². The van der Waals surface area contributed by atoms with Gasteiger partial charge in [-0.1, -0.05) is 30.3 Å². The Morgan fingerprint density at radius 1 is 1.10 bits per heavy atom. The number of fused-ring (bicyclic) bond motifs is 1. The molecule has 0 fully saturated rings. The molecule has 0 unspecified atom stereocenters. The Hall–Kier alpha value is -1.30. The smallest absolute Gasteiger partial charge is 0.00990 e. The molecule has 46 valence electrons. The van der Waals surface area contributed by atoms with Crippen LogP contribution in [0.15, 0.2) is 36.4 Å². The van der Waals surface area contributed by atoms with E-state index < -0.39 is 0 Å². The minimum absolute atomic E-state index is 1.13. The van der Waals surface area contributed by atoms with Crippen molar-refractivity contribution in [2.45, 2.75) is 0 Å². The molecule has 0 aliphatic carbocycles. The van der Waals surface area contributed by atoms with Crippen LogP contribution in [0, 0.1) is 12.1 Å². The van der Waals surface area contributed by atoms with Gasteiger partial charge < -0.3 is 0 Å². The third-order valence-electron chi connectivity index (χ3n) is 1.51. The Labute approximate surface area is 60.1 Å². The molecular weight excluding hydrogens is 120 g/mol. The molecule has 0 atom stereocenters. The molecule has 2 radical (unpaired) electrons. The van der Waals surface area contributed by atoms with Crippen LogP contribution in [0.1, 0.15) is 0 Å². The fourth-order valence-corrected chi connectivity index (χ4v) is 1.00. The van der Waals surface area contributed by atoms with E-state index in [9.17, 15) is 0 Å². The highest BCUT2D eigenvalue weighted by molar-refractivity contribution is 5.81. The summed E-state index contributed by atoms with van der Waals surface area (Å²) in [5.74, 6) is 0. The van der Waals surface area contributed by atoms with Gasteiger partial charge in [0.05, 0.1) is 0 Å². The summed E-state index contributed by atoms with van der Waals surface area (Å²) < 4.78 is 0. The second-order valence-electron chi connectivity index (χ2n) is 2.18. The van der Waals surface area contributed by atoms with Crippen LogP contribution in [0.4, 0.5) is 0 Å². The van der Waals surface area contributed by atoms with E-state index in [-0.39, 0.29) is 0 Å². The molecule has 0 amide bonds. The van der Waals surface area contributed by atoms with Crippen molar-refractivity contribution in [1.29, 1.82) is 0 Å². The van der Waals surface area contributed by atoms with E-state index in [2.05, 4.69) is 18.2 Å². The summed E-state index contributed by atoms with van der Waals surface area (Å²) in [7, 11) is 0. The van der Waals surface area contributed by atoms with Crippen LogP contribution < -0.4 is 0 Å². The molecule has 0 aliphatic heterocycles. The van der Waals surface area contributed by atoms with Gasteiger partial charge in [-0.2, -0.15) is 0 Å². The molecule has 0 heterocycles. The maximum absolute atomic E-state index is 3.12. The molecule has 0 bridgehead atoms. The van der Waals surface area contributed by atoms with Gasteiger partial charge in [0.15, 0.2) is 0 Å². The molecule has 0 saturated carbocycles. The first-order valence-corrected chi connectivity index (χ1v) is 3.23. The zero-order valence-corrected chi connectivity index (χ0v) is 5.46. The lowest BCUT2D eigenvalue weighted by Gasteiger charge is -1.91. The minimum Gasteiger partial charge on any atom is -0.0610 e. The molecule has 0 spiro atoms. The van der Waals surface area contributed by atoms with E-state index in [1.807, 2.05) is 30.3 Å². The molecule has 2 rings (SSSR count). The van der Waals surface area contributed by atoms with Crippen molar-refractivity contribution in [3.8, 4) is 0 Å². The average Bonchev–Trinajstić information content (AvgIpc) is 2.05. The highest BCUT2D eigenvalue weighted by Crippen LogP contribution is 2.10. The standard InChI is InChI=1S/C10H6/c1-2-6-10-8-4-3-7-9(10)5-1/h1-3,5,7-8H. The summed E-state index contributed by atoms with van der Waals surface area (Å²) in [4.78, 5) is 0. The Morgan fingerprint density at radius 3 is 3.00 bits per heavy atom. The highest BCUT2D eigenvalue weighted by Gasteiger charge is 1.86. The van der Waals surface area contributed by atoms with Gasteiger partial charge in [0.25, 0.3) is 0 Å². The van der Waals surface area contributed by atoms with E-state index in [0.717, 1.165) is 5.39 Å². The summed E-state index contributed by atoms with van der Waals surface area (Å²) in [5, 5.41) is 2.35. The quantitative estimate of drug-likeness (QED) is 0.508. The first-order valence-electron chi connectivity index (χ1n) is 3.23. The zero-order chi connectivity index (χ0) is 6.81. The van der Waals surface area contributed by atoms with Gasteiger partial charge in [-0.05, 0) is 29.0 Å². The first-order chi connectivity index (χ1) is 4.97. The Kier molecular flexibility index (Phi) is 1.17. The van der Waals surface area contributed by atoms with Gasteiger partial charge >= 0.3 is 0 Å². The normalized spacial score (nSPS) is 10.0. The van der Waals surface area contributed by atoms with Gasteiger partial charge in [-0.3, -0.25) is 0 Å². The fraction of sp³-hybridized carbons (Fsp3) is 0. The highest BCUT2D eigenvalue weighted by atomic mass is 13.9. The first kappa shape index (κ1) is 5.48. The number of benzene rings is 2. The monoisotopic (exact) mass is 126 g/mol. The summed E-state index contributed by atoms with van der Waals surface area (Å²) in [6, 6.07) is 18.0. The van der Waals surface area contributed by atoms with Crippen LogP contribution in [0.25, 0.3) is 10.8 Å². The second kappa shape index (κ2) is 2.14. The fourth-order valence-electron chi connectivity index (χ4n) is 1.00. The van der Waals surface area contributed by atoms with Crippen LogP contribution >= 0.6 is 0 Å². The van der Waals surface area contributed by atoms with Gasteiger partial charge in [0, 0.05) is 0 Å². The molecular formula is C10H6. The molecule has 0 heteroatoms. The van der Waals surface area contributed by atoms with E-state index in [0.29, 0.717) is 0 Å². The SMILES string of the molecule is [c]1ccc2ccc[c]c2c1. The van der Waals surface area contributed by atoms with Gasteiger partial charge in [0.2, 0.25) is 0 Å². The zero-order valence-electron chi connectivity index (χ0n) is 5.46. The van der Waals surface area contributed by atoms with Crippen LogP contribution in [0.5, 0.6) is 0 Å². The third kappa shape index (κ3) is 0.781. The number of rotatable bonds is 0. The summed E-state index contributed by atoms with van der Waals surface area (Å²) in [6.07, 6.45) is 0. The van der Waals surface area contributed by atoms with Crippen LogP contribution in [0.2, 0.25) is 0 Å². The topological polar surface area (TPSA) is 0 Å². The van der Waals surface area contributed by atoms with Crippen molar-refractivity contribution in [3.05, 3.63) is 48.5 Å². The van der Waals surface area contributed by atoms with Crippen molar-refractivity contribution in [2.24, 2.45) is 0 Å². The van der Waals surface area contributed by atoms with Crippen LogP contribution in [-0.4, -0.2) is 0 Å². The van der Waals surface area contributed by atoms with E-state index in [1.165, 1.54) is 5.39 Å². The predicted molar refractivity (Wildman–Crippen MR) is 41.6 cm³/mol. The van der Waals surface area contributed by atoms with E-state index >= 15 is 0 Å². The molecule has 0 aliphatic rings. The summed E-state index contributed by atoms with van der Waals surface area (Å²) in [6.45, 7) is 0. The van der Waals surface area contributed by atoms with Crippen molar-refractivity contribution in [3.63, 3.8) is 0 Å². The molecule has 0 aromatic heterocycles. The van der Waals surface area contributed by atoms with Crippen molar-refractivity contribution >= 4 is 10.8 Å². The van der Waals surface area contributed by atoms with Crippen LogP contribution in [-0.2, 0) is 0 Å². The maximum atomic E-state index is 3.12. The summed E-state index contributed by atoms with van der Waals surface area (Å²) in [5.41, 5.74) is 0. The predicted octanol–water partition coefficient (Wildman–Crippen LogP) is 2.44. The average molecular weight is 126 g/mol. The van der Waals surface area contributed by atoms with Crippen molar-refractivity contribution < 1.29 is 0 Å². The minimum atomic E-state index is 1.13. The number of hydrogen-bond donors (Lipinski definition) is 0. The van der Waals surface area contributed by atoms with Gasteiger partial charge in [-0.25, -0.2) is 0 Å². The molecule has 0 N–H and O–H groups in total. The second-order valence-corrected chi connectivity index (χ2v) is 2.18. The Bertz CT molecular complexity index is 271.